The van der Waals surface area contributed by atoms with Gasteiger partial charge in [0.2, 0.25) is 0 Å². The molecular weight excluding hydrogens is 424 g/mol. The summed E-state index contributed by atoms with van der Waals surface area (Å²) in [6.07, 6.45) is 0. The summed E-state index contributed by atoms with van der Waals surface area (Å²) < 4.78 is 6.49. The first-order valence-electron chi connectivity index (χ1n) is 7.47. The van der Waals surface area contributed by atoms with Crippen molar-refractivity contribution in [3.8, 4) is 11.3 Å². The van der Waals surface area contributed by atoms with E-state index in [-0.39, 0.29) is 16.5 Å². The van der Waals surface area contributed by atoms with Crippen molar-refractivity contribution in [1.29, 1.82) is 0 Å². The van der Waals surface area contributed by atoms with Crippen LogP contribution >= 0.6 is 27.5 Å². The Bertz CT molecular complexity index is 1020. The molecule has 0 atom stereocenters. The molecule has 0 spiro atoms. The SMILES string of the molecule is Cc1cc(NC(=O)c2ccc(-c3ccc(Cl)c([N+](=O)[O-])c3)o2)ccc1Br. The van der Waals surface area contributed by atoms with Gasteiger partial charge in [-0.2, -0.15) is 0 Å². The second-order valence-corrected chi connectivity index (χ2v) is 6.77. The van der Waals surface area contributed by atoms with Crippen molar-refractivity contribution >= 4 is 44.8 Å². The van der Waals surface area contributed by atoms with E-state index in [0.717, 1.165) is 10.0 Å². The molecule has 6 nitrogen and oxygen atoms in total. The van der Waals surface area contributed by atoms with Crippen LogP contribution in [-0.2, 0) is 0 Å². The zero-order valence-electron chi connectivity index (χ0n) is 13.5. The van der Waals surface area contributed by atoms with Crippen LogP contribution in [0.15, 0.2) is 57.4 Å². The maximum absolute atomic E-state index is 12.3. The molecular formula is C18H12BrClN2O4. The normalized spacial score (nSPS) is 10.6. The second kappa shape index (κ2) is 7.31. The number of hydrogen-bond acceptors (Lipinski definition) is 4. The van der Waals surface area contributed by atoms with Crippen molar-refractivity contribution in [2.45, 2.75) is 6.92 Å². The van der Waals surface area contributed by atoms with Gasteiger partial charge in [0, 0.05) is 21.8 Å². The number of nitrogens with zero attached hydrogens (tertiary/aromatic N) is 1. The Kier molecular flexibility index (Phi) is 5.11. The van der Waals surface area contributed by atoms with Crippen LogP contribution in [0.3, 0.4) is 0 Å². The van der Waals surface area contributed by atoms with Crippen LogP contribution in [0.5, 0.6) is 0 Å². The molecule has 1 heterocycles. The molecule has 0 aliphatic rings. The summed E-state index contributed by atoms with van der Waals surface area (Å²) in [4.78, 5) is 22.8. The predicted molar refractivity (Wildman–Crippen MR) is 103 cm³/mol. The van der Waals surface area contributed by atoms with E-state index >= 15 is 0 Å². The van der Waals surface area contributed by atoms with Crippen molar-refractivity contribution in [1.82, 2.24) is 0 Å². The van der Waals surface area contributed by atoms with E-state index in [4.69, 9.17) is 16.0 Å². The molecule has 0 aliphatic carbocycles. The molecule has 0 radical (unpaired) electrons. The molecule has 0 bridgehead atoms. The number of aryl methyl sites for hydroxylation is 1. The van der Waals surface area contributed by atoms with Gasteiger partial charge in [0.1, 0.15) is 10.8 Å². The molecule has 0 saturated heterocycles. The Morgan fingerprint density at radius 1 is 1.19 bits per heavy atom. The molecule has 2 aromatic carbocycles. The summed E-state index contributed by atoms with van der Waals surface area (Å²) in [5, 5.41) is 13.8. The van der Waals surface area contributed by atoms with Gasteiger partial charge in [0.05, 0.1) is 4.92 Å². The number of amides is 1. The van der Waals surface area contributed by atoms with E-state index in [1.807, 2.05) is 19.1 Å². The third kappa shape index (κ3) is 3.79. The smallest absolute Gasteiger partial charge is 0.291 e. The van der Waals surface area contributed by atoms with Crippen molar-refractivity contribution in [3.63, 3.8) is 0 Å². The molecule has 1 aromatic heterocycles. The number of carbonyl (C=O) groups excluding carboxylic acids is 1. The molecule has 3 aromatic rings. The first-order chi connectivity index (χ1) is 12.3. The largest absolute Gasteiger partial charge is 0.451 e. The molecule has 1 N–H and O–H groups in total. The lowest BCUT2D eigenvalue weighted by Crippen LogP contribution is -2.10. The zero-order chi connectivity index (χ0) is 18.8. The number of nitrogens with one attached hydrogen (secondary N) is 1. The van der Waals surface area contributed by atoms with E-state index in [9.17, 15) is 14.9 Å². The molecule has 132 valence electrons. The number of furan rings is 1. The highest BCUT2D eigenvalue weighted by Crippen LogP contribution is 2.31. The molecule has 0 saturated carbocycles. The quantitative estimate of drug-likeness (QED) is 0.412. The van der Waals surface area contributed by atoms with E-state index < -0.39 is 10.8 Å². The molecule has 8 heteroatoms. The Morgan fingerprint density at radius 2 is 1.96 bits per heavy atom. The molecule has 0 fully saturated rings. The van der Waals surface area contributed by atoms with Crippen molar-refractivity contribution in [2.24, 2.45) is 0 Å². The number of nitro groups is 1. The second-order valence-electron chi connectivity index (χ2n) is 5.51. The number of benzene rings is 2. The summed E-state index contributed by atoms with van der Waals surface area (Å²) in [6, 6.07) is 12.8. The van der Waals surface area contributed by atoms with Gasteiger partial charge in [0.15, 0.2) is 5.76 Å². The van der Waals surface area contributed by atoms with Gasteiger partial charge in [-0.15, -0.1) is 0 Å². The minimum absolute atomic E-state index is 0.0360. The minimum Gasteiger partial charge on any atom is -0.451 e. The van der Waals surface area contributed by atoms with Gasteiger partial charge in [-0.1, -0.05) is 27.5 Å². The predicted octanol–water partition coefficient (Wildman–Crippen LogP) is 5.83. The number of hydrogen-bond donors (Lipinski definition) is 1. The standard InChI is InChI=1S/C18H12BrClN2O4/c1-10-8-12(3-4-13(10)19)21-18(23)17-7-6-16(26-17)11-2-5-14(20)15(9-11)22(24)25/h2-9H,1H3,(H,21,23). The summed E-state index contributed by atoms with van der Waals surface area (Å²) in [5.74, 6) is 0.0153. The van der Waals surface area contributed by atoms with Crippen molar-refractivity contribution in [2.75, 3.05) is 5.32 Å². The van der Waals surface area contributed by atoms with E-state index in [2.05, 4.69) is 21.2 Å². The first-order valence-corrected chi connectivity index (χ1v) is 8.64. The topological polar surface area (TPSA) is 85.4 Å². The molecule has 3 rings (SSSR count). The fraction of sp³-hybridized carbons (Fsp3) is 0.0556. The lowest BCUT2D eigenvalue weighted by atomic mass is 10.1. The van der Waals surface area contributed by atoms with Crippen LogP contribution in [0.4, 0.5) is 11.4 Å². The number of rotatable bonds is 4. The summed E-state index contributed by atoms with van der Waals surface area (Å²) >= 11 is 9.21. The third-order valence-electron chi connectivity index (χ3n) is 3.67. The fourth-order valence-corrected chi connectivity index (χ4v) is 2.77. The summed E-state index contributed by atoms with van der Waals surface area (Å²) in [7, 11) is 0. The highest BCUT2D eigenvalue weighted by atomic mass is 79.9. The molecule has 0 aliphatic heterocycles. The Hall–Kier alpha value is -2.64. The maximum atomic E-state index is 12.3. The molecule has 1 amide bonds. The van der Waals surface area contributed by atoms with E-state index in [1.54, 1.807) is 18.2 Å². The zero-order valence-corrected chi connectivity index (χ0v) is 15.8. The van der Waals surface area contributed by atoms with Gasteiger partial charge in [-0.3, -0.25) is 14.9 Å². The van der Waals surface area contributed by atoms with Crippen LogP contribution in [0.1, 0.15) is 16.1 Å². The summed E-state index contributed by atoms with van der Waals surface area (Å²) in [6.45, 7) is 1.91. The minimum atomic E-state index is -0.571. The van der Waals surface area contributed by atoms with Crippen LogP contribution < -0.4 is 5.32 Å². The monoisotopic (exact) mass is 434 g/mol. The average molecular weight is 436 g/mol. The van der Waals surface area contributed by atoms with Crippen LogP contribution in [0.25, 0.3) is 11.3 Å². The van der Waals surface area contributed by atoms with Gasteiger partial charge >= 0.3 is 0 Å². The van der Waals surface area contributed by atoms with Crippen molar-refractivity contribution < 1.29 is 14.1 Å². The highest BCUT2D eigenvalue weighted by molar-refractivity contribution is 9.10. The van der Waals surface area contributed by atoms with Crippen LogP contribution in [0, 0.1) is 17.0 Å². The number of halogens is 2. The van der Waals surface area contributed by atoms with Gasteiger partial charge in [-0.25, -0.2) is 0 Å². The van der Waals surface area contributed by atoms with E-state index in [0.29, 0.717) is 17.0 Å². The summed E-state index contributed by atoms with van der Waals surface area (Å²) in [5.41, 5.74) is 1.85. The molecule has 0 unspecified atom stereocenters. The van der Waals surface area contributed by atoms with Crippen LogP contribution in [-0.4, -0.2) is 10.8 Å². The number of carbonyl (C=O) groups is 1. The molecule has 26 heavy (non-hydrogen) atoms. The fourth-order valence-electron chi connectivity index (χ4n) is 2.34. The van der Waals surface area contributed by atoms with Gasteiger partial charge in [-0.05, 0) is 55.0 Å². The average Bonchev–Trinajstić information content (AvgIpc) is 3.08. The van der Waals surface area contributed by atoms with Gasteiger partial charge < -0.3 is 9.73 Å². The Labute approximate surface area is 162 Å². The van der Waals surface area contributed by atoms with Crippen molar-refractivity contribution in [3.05, 3.63) is 79.5 Å². The first kappa shape index (κ1) is 18.2. The Balaban J connectivity index is 1.83. The Morgan fingerprint density at radius 3 is 2.65 bits per heavy atom. The number of anilines is 1. The number of nitro benzene ring substituents is 1. The van der Waals surface area contributed by atoms with E-state index in [1.165, 1.54) is 18.2 Å². The van der Waals surface area contributed by atoms with Gasteiger partial charge in [0.25, 0.3) is 11.6 Å². The third-order valence-corrected chi connectivity index (χ3v) is 4.88. The lowest BCUT2D eigenvalue weighted by molar-refractivity contribution is -0.384. The maximum Gasteiger partial charge on any atom is 0.291 e. The highest BCUT2D eigenvalue weighted by Gasteiger charge is 2.17. The van der Waals surface area contributed by atoms with Crippen LogP contribution in [0.2, 0.25) is 5.02 Å². The lowest BCUT2D eigenvalue weighted by Gasteiger charge is -2.05.